The van der Waals surface area contributed by atoms with E-state index < -0.39 is 10.0 Å². The third-order valence-electron chi connectivity index (χ3n) is 6.66. The number of ether oxygens (including phenoxy) is 1. The van der Waals surface area contributed by atoms with Crippen LogP contribution in [0.4, 0.5) is 23.0 Å². The van der Waals surface area contributed by atoms with Gasteiger partial charge in [0.2, 0.25) is 16.0 Å². The number of benzene rings is 2. The molecule has 2 aromatic carbocycles. The minimum atomic E-state index is -3.32. The van der Waals surface area contributed by atoms with Crippen molar-refractivity contribution >= 4 is 50.8 Å². The molecule has 0 radical (unpaired) electrons. The molecule has 2 saturated heterocycles. The fraction of sp³-hybridized carbons (Fsp3) is 0.370. The molecule has 2 fully saturated rings. The Bertz CT molecular complexity index is 1360. The van der Waals surface area contributed by atoms with E-state index in [0.29, 0.717) is 24.2 Å². The number of aromatic nitrogens is 2. The molecule has 2 aliphatic rings. The van der Waals surface area contributed by atoms with E-state index in [1.54, 1.807) is 30.1 Å². The van der Waals surface area contributed by atoms with Gasteiger partial charge in [-0.3, -0.25) is 9.52 Å². The van der Waals surface area contributed by atoms with Crippen LogP contribution < -0.4 is 14.9 Å². The van der Waals surface area contributed by atoms with Crippen molar-refractivity contribution in [1.82, 2.24) is 9.97 Å². The lowest BCUT2D eigenvalue weighted by molar-refractivity contribution is -0.137. The Hall–Kier alpha value is -3.31. The van der Waals surface area contributed by atoms with E-state index in [4.69, 9.17) is 4.74 Å². The molecule has 2 aliphatic heterocycles. The van der Waals surface area contributed by atoms with E-state index in [9.17, 15) is 13.2 Å². The van der Waals surface area contributed by atoms with Gasteiger partial charge in [-0.1, -0.05) is 12.1 Å². The van der Waals surface area contributed by atoms with Gasteiger partial charge in [-0.25, -0.2) is 18.4 Å². The number of hydrogen-bond acceptors (Lipinski definition) is 9. The van der Waals surface area contributed by atoms with Crippen molar-refractivity contribution in [2.24, 2.45) is 5.92 Å². The SMILES string of the molecule is CS(=O)(=O)Nc1ccc(-c2ccnc(Nc3ccc(N4CCC(CSC5CCOC5=O)CC4)cc3)n2)cc1. The number of cyclic esters (lactones) is 1. The molecule has 9 nitrogen and oxygen atoms in total. The minimum absolute atomic E-state index is 0.0301. The highest BCUT2D eigenvalue weighted by Gasteiger charge is 2.28. The largest absolute Gasteiger partial charge is 0.465 e. The maximum Gasteiger partial charge on any atom is 0.319 e. The molecule has 0 aliphatic carbocycles. The van der Waals surface area contributed by atoms with Crippen molar-refractivity contribution in [2.45, 2.75) is 24.5 Å². The number of carbonyl (C=O) groups is 1. The summed E-state index contributed by atoms with van der Waals surface area (Å²) in [5.74, 6) is 2.11. The number of thioether (sulfide) groups is 1. The van der Waals surface area contributed by atoms with Crippen LogP contribution in [0.5, 0.6) is 0 Å². The zero-order valence-electron chi connectivity index (χ0n) is 21.2. The Morgan fingerprint density at radius 3 is 2.37 bits per heavy atom. The Balaban J connectivity index is 1.14. The quantitative estimate of drug-likeness (QED) is 0.369. The molecule has 2 N–H and O–H groups in total. The highest BCUT2D eigenvalue weighted by Crippen LogP contribution is 2.30. The highest BCUT2D eigenvalue weighted by atomic mass is 32.2. The summed E-state index contributed by atoms with van der Waals surface area (Å²) >= 11 is 1.76. The molecule has 0 saturated carbocycles. The van der Waals surface area contributed by atoms with Gasteiger partial charge in [0.15, 0.2) is 0 Å². The van der Waals surface area contributed by atoms with Gasteiger partial charge in [-0.15, -0.1) is 11.8 Å². The molecule has 0 spiro atoms. The number of sulfonamides is 1. The Morgan fingerprint density at radius 2 is 1.71 bits per heavy atom. The summed E-state index contributed by atoms with van der Waals surface area (Å²) in [6, 6.07) is 17.2. The summed E-state index contributed by atoms with van der Waals surface area (Å²) in [7, 11) is -3.32. The average molecular weight is 554 g/mol. The number of carbonyl (C=O) groups excluding carboxylic acids is 1. The molecule has 1 aromatic heterocycles. The van der Waals surface area contributed by atoms with Crippen LogP contribution in [0.1, 0.15) is 19.3 Å². The molecule has 1 unspecified atom stereocenters. The van der Waals surface area contributed by atoms with E-state index in [2.05, 4.69) is 37.0 Å². The van der Waals surface area contributed by atoms with Crippen LogP contribution in [0.15, 0.2) is 60.8 Å². The first-order valence-corrected chi connectivity index (χ1v) is 15.6. The third-order valence-corrected chi connectivity index (χ3v) is 8.76. The van der Waals surface area contributed by atoms with Crippen molar-refractivity contribution in [3.8, 4) is 11.3 Å². The Morgan fingerprint density at radius 1 is 1.00 bits per heavy atom. The lowest BCUT2D eigenvalue weighted by Gasteiger charge is -2.33. The first-order chi connectivity index (χ1) is 18.3. The predicted molar refractivity (Wildman–Crippen MR) is 152 cm³/mol. The normalized spacial score (nSPS) is 18.3. The summed E-state index contributed by atoms with van der Waals surface area (Å²) in [6.45, 7) is 2.59. The van der Waals surface area contributed by atoms with Crippen LogP contribution in [0, 0.1) is 5.92 Å². The minimum Gasteiger partial charge on any atom is -0.465 e. The van der Waals surface area contributed by atoms with Crippen molar-refractivity contribution in [2.75, 3.05) is 46.6 Å². The van der Waals surface area contributed by atoms with Crippen molar-refractivity contribution in [3.63, 3.8) is 0 Å². The number of anilines is 4. The number of nitrogens with one attached hydrogen (secondary N) is 2. The summed E-state index contributed by atoms with van der Waals surface area (Å²) < 4.78 is 30.4. The van der Waals surface area contributed by atoms with Crippen molar-refractivity contribution in [1.29, 1.82) is 0 Å². The number of piperidine rings is 1. The molecule has 3 heterocycles. The number of esters is 1. The van der Waals surface area contributed by atoms with Gasteiger partial charge in [0, 0.05) is 48.3 Å². The van der Waals surface area contributed by atoms with E-state index in [-0.39, 0.29) is 11.2 Å². The molecule has 11 heteroatoms. The molecule has 3 aromatic rings. The van der Waals surface area contributed by atoms with E-state index in [1.807, 2.05) is 30.3 Å². The van der Waals surface area contributed by atoms with E-state index >= 15 is 0 Å². The summed E-state index contributed by atoms with van der Waals surface area (Å²) in [6.07, 6.45) is 5.91. The first-order valence-electron chi connectivity index (χ1n) is 12.6. The summed E-state index contributed by atoms with van der Waals surface area (Å²) in [4.78, 5) is 23.0. The zero-order valence-corrected chi connectivity index (χ0v) is 22.8. The third kappa shape index (κ3) is 6.96. The van der Waals surface area contributed by atoms with Crippen molar-refractivity contribution in [3.05, 3.63) is 60.8 Å². The molecule has 1 atom stereocenters. The number of nitrogens with zero attached hydrogens (tertiary/aromatic N) is 3. The summed E-state index contributed by atoms with van der Waals surface area (Å²) in [5, 5.41) is 3.30. The standard InChI is InChI=1S/C27H31N5O4S2/c1-38(34,35)31-22-4-2-20(3-5-22)24-10-14-28-27(30-24)29-21-6-8-23(9-7-21)32-15-11-19(12-16-32)18-37-25-13-17-36-26(25)33/h2-10,14,19,25,31H,11-13,15-18H2,1H3,(H,28,29,30). The summed E-state index contributed by atoms with van der Waals surface area (Å²) in [5.41, 5.74) is 4.18. The maximum atomic E-state index is 11.7. The van der Waals surface area contributed by atoms with Crippen molar-refractivity contribution < 1.29 is 17.9 Å². The van der Waals surface area contributed by atoms with Crippen LogP contribution in [0.25, 0.3) is 11.3 Å². The molecular formula is C27H31N5O4S2. The monoisotopic (exact) mass is 553 g/mol. The second-order valence-electron chi connectivity index (χ2n) is 9.60. The van der Waals surface area contributed by atoms with Gasteiger partial charge < -0.3 is 15.0 Å². The molecule has 38 heavy (non-hydrogen) atoms. The highest BCUT2D eigenvalue weighted by molar-refractivity contribution is 8.00. The Kier molecular flexibility index (Phi) is 8.04. The van der Waals surface area contributed by atoms with Gasteiger partial charge in [0.25, 0.3) is 0 Å². The second-order valence-corrected chi connectivity index (χ2v) is 12.6. The van der Waals surface area contributed by atoms with Gasteiger partial charge in [-0.05, 0) is 67.0 Å². The van der Waals surface area contributed by atoms with Crippen LogP contribution in [-0.2, 0) is 19.6 Å². The van der Waals surface area contributed by atoms with Crippen LogP contribution in [0.2, 0.25) is 0 Å². The smallest absolute Gasteiger partial charge is 0.319 e. The van der Waals surface area contributed by atoms with E-state index in [1.165, 1.54) is 5.69 Å². The first kappa shape index (κ1) is 26.3. The predicted octanol–water partition coefficient (Wildman–Crippen LogP) is 4.52. The fourth-order valence-electron chi connectivity index (χ4n) is 4.63. The number of rotatable bonds is 9. The topological polar surface area (TPSA) is 114 Å². The van der Waals surface area contributed by atoms with Gasteiger partial charge in [0.05, 0.1) is 18.6 Å². The lowest BCUT2D eigenvalue weighted by atomic mass is 9.98. The van der Waals surface area contributed by atoms with Crippen LogP contribution >= 0.6 is 11.8 Å². The molecule has 0 amide bonds. The van der Waals surface area contributed by atoms with E-state index in [0.717, 1.165) is 61.3 Å². The van der Waals surface area contributed by atoms with Crippen LogP contribution in [-0.4, -0.2) is 61.3 Å². The van der Waals surface area contributed by atoms with Gasteiger partial charge >= 0.3 is 5.97 Å². The zero-order chi connectivity index (χ0) is 26.5. The van der Waals surface area contributed by atoms with Crippen LogP contribution in [0.3, 0.4) is 0 Å². The molecule has 5 rings (SSSR count). The molecule has 200 valence electrons. The molecular weight excluding hydrogens is 522 g/mol. The maximum absolute atomic E-state index is 11.7. The molecule has 0 bridgehead atoms. The number of hydrogen-bond donors (Lipinski definition) is 2. The van der Waals surface area contributed by atoms with Gasteiger partial charge in [0.1, 0.15) is 5.25 Å². The Labute approximate surface area is 227 Å². The fourth-order valence-corrected chi connectivity index (χ4v) is 6.50. The van der Waals surface area contributed by atoms with Gasteiger partial charge in [-0.2, -0.15) is 0 Å². The average Bonchev–Trinajstić information content (AvgIpc) is 3.32. The second kappa shape index (κ2) is 11.6. The lowest BCUT2D eigenvalue weighted by Crippen LogP contribution is -2.34.